The molecule has 0 aliphatic rings. The largest absolute Gasteiger partial charge is 0.465 e. The first-order chi connectivity index (χ1) is 8.96. The van der Waals surface area contributed by atoms with Gasteiger partial charge < -0.3 is 9.47 Å². The Kier molecular flexibility index (Phi) is 5.10. The second-order valence-corrected chi connectivity index (χ2v) is 4.44. The molecule has 0 fully saturated rings. The number of aryl methyl sites for hydroxylation is 1. The lowest BCUT2D eigenvalue weighted by Gasteiger charge is -2.25. The SMILES string of the molecule is CCOC(=O)C(C)(C(=O)OCC)c1cccc(C)c1. The molecule has 0 aliphatic heterocycles. The van der Waals surface area contributed by atoms with Gasteiger partial charge in [-0.2, -0.15) is 0 Å². The van der Waals surface area contributed by atoms with E-state index in [1.807, 2.05) is 13.0 Å². The van der Waals surface area contributed by atoms with Crippen molar-refractivity contribution in [3.8, 4) is 0 Å². The summed E-state index contributed by atoms with van der Waals surface area (Å²) in [7, 11) is 0. The van der Waals surface area contributed by atoms with Gasteiger partial charge in [0, 0.05) is 0 Å². The van der Waals surface area contributed by atoms with Gasteiger partial charge in [-0.15, -0.1) is 0 Å². The molecule has 0 radical (unpaired) electrons. The second-order valence-electron chi connectivity index (χ2n) is 4.44. The minimum Gasteiger partial charge on any atom is -0.465 e. The van der Waals surface area contributed by atoms with Gasteiger partial charge in [0.05, 0.1) is 13.2 Å². The van der Waals surface area contributed by atoms with Gasteiger partial charge in [-0.05, 0) is 33.3 Å². The summed E-state index contributed by atoms with van der Waals surface area (Å²) in [5.41, 5.74) is 0.139. The maximum absolute atomic E-state index is 12.2. The van der Waals surface area contributed by atoms with Crippen LogP contribution in [0.15, 0.2) is 24.3 Å². The molecule has 1 rings (SSSR count). The summed E-state index contributed by atoms with van der Waals surface area (Å²) in [5, 5.41) is 0. The Labute approximate surface area is 113 Å². The molecule has 104 valence electrons. The number of hydrogen-bond donors (Lipinski definition) is 0. The van der Waals surface area contributed by atoms with Gasteiger partial charge in [0.2, 0.25) is 0 Å². The summed E-state index contributed by atoms with van der Waals surface area (Å²) < 4.78 is 10.1. The molecule has 1 aromatic carbocycles. The Morgan fingerprint density at radius 1 is 1.11 bits per heavy atom. The van der Waals surface area contributed by atoms with E-state index in [-0.39, 0.29) is 13.2 Å². The van der Waals surface area contributed by atoms with Crippen LogP contribution >= 0.6 is 0 Å². The quantitative estimate of drug-likeness (QED) is 0.605. The molecule has 0 atom stereocenters. The fourth-order valence-corrected chi connectivity index (χ4v) is 1.83. The maximum Gasteiger partial charge on any atom is 0.327 e. The standard InChI is InChI=1S/C15H20O4/c1-5-18-13(16)15(4,14(17)19-6-2)12-9-7-8-11(3)10-12/h7-10H,5-6H2,1-4H3. The lowest BCUT2D eigenvalue weighted by atomic mass is 9.82. The first-order valence-corrected chi connectivity index (χ1v) is 6.38. The van der Waals surface area contributed by atoms with Crippen LogP contribution in [0.3, 0.4) is 0 Å². The highest BCUT2D eigenvalue weighted by Crippen LogP contribution is 2.28. The molecule has 0 amide bonds. The Hall–Kier alpha value is -1.84. The molecule has 0 saturated heterocycles. The van der Waals surface area contributed by atoms with E-state index in [0.29, 0.717) is 5.56 Å². The van der Waals surface area contributed by atoms with Crippen molar-refractivity contribution in [3.63, 3.8) is 0 Å². The third-order valence-corrected chi connectivity index (χ3v) is 2.96. The van der Waals surface area contributed by atoms with Crippen molar-refractivity contribution in [2.45, 2.75) is 33.1 Å². The number of carbonyl (C=O) groups excluding carboxylic acids is 2. The van der Waals surface area contributed by atoms with E-state index in [9.17, 15) is 9.59 Å². The summed E-state index contributed by atoms with van der Waals surface area (Å²) in [5.74, 6) is -1.17. The summed E-state index contributed by atoms with van der Waals surface area (Å²) in [6.07, 6.45) is 0. The number of carbonyl (C=O) groups is 2. The number of hydrogen-bond acceptors (Lipinski definition) is 4. The van der Waals surface area contributed by atoms with Crippen LogP contribution in [0.4, 0.5) is 0 Å². The molecular formula is C15H20O4. The minimum atomic E-state index is -1.42. The van der Waals surface area contributed by atoms with Gasteiger partial charge in [-0.1, -0.05) is 29.8 Å². The summed E-state index contributed by atoms with van der Waals surface area (Å²) in [6, 6.07) is 7.25. The average Bonchev–Trinajstić information content (AvgIpc) is 2.38. The number of rotatable bonds is 5. The van der Waals surface area contributed by atoms with E-state index in [2.05, 4.69) is 0 Å². The van der Waals surface area contributed by atoms with Crippen LogP contribution in [0.2, 0.25) is 0 Å². The van der Waals surface area contributed by atoms with E-state index in [1.54, 1.807) is 32.0 Å². The molecule has 0 N–H and O–H groups in total. The fraction of sp³-hybridized carbons (Fsp3) is 0.467. The van der Waals surface area contributed by atoms with Crippen LogP contribution in [0.25, 0.3) is 0 Å². The molecule has 0 bridgehead atoms. The zero-order chi connectivity index (χ0) is 14.5. The second kappa shape index (κ2) is 6.36. The molecule has 19 heavy (non-hydrogen) atoms. The molecule has 0 saturated carbocycles. The van der Waals surface area contributed by atoms with Crippen LogP contribution < -0.4 is 0 Å². The van der Waals surface area contributed by atoms with Gasteiger partial charge in [0.25, 0.3) is 0 Å². The Morgan fingerprint density at radius 3 is 2.05 bits per heavy atom. The molecule has 4 heteroatoms. The Bertz CT molecular complexity index is 447. The zero-order valence-electron chi connectivity index (χ0n) is 11.9. The lowest BCUT2D eigenvalue weighted by Crippen LogP contribution is -2.43. The van der Waals surface area contributed by atoms with Crippen molar-refractivity contribution < 1.29 is 19.1 Å². The molecule has 0 aromatic heterocycles. The first kappa shape index (κ1) is 15.2. The van der Waals surface area contributed by atoms with Gasteiger partial charge in [0.1, 0.15) is 0 Å². The van der Waals surface area contributed by atoms with Crippen molar-refractivity contribution in [1.82, 2.24) is 0 Å². The van der Waals surface area contributed by atoms with E-state index >= 15 is 0 Å². The van der Waals surface area contributed by atoms with Gasteiger partial charge in [-0.3, -0.25) is 9.59 Å². The minimum absolute atomic E-state index is 0.222. The predicted octanol–water partition coefficient (Wildman–Crippen LogP) is 2.38. The molecule has 4 nitrogen and oxygen atoms in total. The molecule has 0 aliphatic carbocycles. The van der Waals surface area contributed by atoms with Gasteiger partial charge >= 0.3 is 11.9 Å². The highest BCUT2D eigenvalue weighted by atomic mass is 16.6. The van der Waals surface area contributed by atoms with Crippen LogP contribution in [0, 0.1) is 6.92 Å². The first-order valence-electron chi connectivity index (χ1n) is 6.38. The third-order valence-electron chi connectivity index (χ3n) is 2.96. The van der Waals surface area contributed by atoms with Crippen molar-refractivity contribution in [2.75, 3.05) is 13.2 Å². The van der Waals surface area contributed by atoms with E-state index < -0.39 is 17.4 Å². The highest BCUT2D eigenvalue weighted by Gasteiger charge is 2.46. The highest BCUT2D eigenvalue weighted by molar-refractivity contribution is 6.05. The molecule has 0 unspecified atom stereocenters. The summed E-state index contributed by atoms with van der Waals surface area (Å²) >= 11 is 0. The number of ether oxygens (including phenoxy) is 2. The van der Waals surface area contributed by atoms with Crippen molar-refractivity contribution >= 4 is 11.9 Å². The van der Waals surface area contributed by atoms with E-state index in [1.165, 1.54) is 6.92 Å². The van der Waals surface area contributed by atoms with E-state index in [0.717, 1.165) is 5.56 Å². The van der Waals surface area contributed by atoms with Gasteiger partial charge in [-0.25, -0.2) is 0 Å². The summed E-state index contributed by atoms with van der Waals surface area (Å²) in [6.45, 7) is 7.30. The van der Waals surface area contributed by atoms with Crippen LogP contribution in [0.5, 0.6) is 0 Å². The number of esters is 2. The Balaban J connectivity index is 3.25. The van der Waals surface area contributed by atoms with Crippen LogP contribution in [-0.2, 0) is 24.5 Å². The molecule has 0 heterocycles. The molecule has 1 aromatic rings. The van der Waals surface area contributed by atoms with Crippen molar-refractivity contribution in [1.29, 1.82) is 0 Å². The maximum atomic E-state index is 12.2. The molecular weight excluding hydrogens is 244 g/mol. The lowest BCUT2D eigenvalue weighted by molar-refractivity contribution is -0.163. The summed E-state index contributed by atoms with van der Waals surface area (Å²) in [4.78, 5) is 24.3. The van der Waals surface area contributed by atoms with E-state index in [4.69, 9.17) is 9.47 Å². The monoisotopic (exact) mass is 264 g/mol. The Morgan fingerprint density at radius 2 is 1.63 bits per heavy atom. The third kappa shape index (κ3) is 3.13. The predicted molar refractivity (Wildman–Crippen MR) is 71.8 cm³/mol. The van der Waals surface area contributed by atoms with Crippen LogP contribution in [0.1, 0.15) is 31.9 Å². The van der Waals surface area contributed by atoms with Crippen LogP contribution in [-0.4, -0.2) is 25.2 Å². The zero-order valence-corrected chi connectivity index (χ0v) is 11.9. The van der Waals surface area contributed by atoms with Crippen molar-refractivity contribution in [3.05, 3.63) is 35.4 Å². The topological polar surface area (TPSA) is 52.6 Å². The normalized spacial score (nSPS) is 10.9. The fourth-order valence-electron chi connectivity index (χ4n) is 1.83. The molecule has 0 spiro atoms. The van der Waals surface area contributed by atoms with Crippen molar-refractivity contribution in [2.24, 2.45) is 0 Å². The van der Waals surface area contributed by atoms with Gasteiger partial charge in [0.15, 0.2) is 5.41 Å². The smallest absolute Gasteiger partial charge is 0.327 e. The number of benzene rings is 1. The average molecular weight is 264 g/mol.